The number of hydrogen-bond donors (Lipinski definition) is 2. The van der Waals surface area contributed by atoms with Crippen LogP contribution in [0.15, 0.2) is 77.7 Å². The van der Waals surface area contributed by atoms with Crippen molar-refractivity contribution in [3.8, 4) is 28.1 Å². The largest absolute Gasteiger partial charge is 0.462 e. The summed E-state index contributed by atoms with van der Waals surface area (Å²) in [6.45, 7) is 3.77. The number of nitrogens with two attached hydrogens (primary N) is 2. The molecule has 0 amide bonds. The predicted octanol–water partition coefficient (Wildman–Crippen LogP) is 5.18. The van der Waals surface area contributed by atoms with Crippen molar-refractivity contribution in [2.24, 2.45) is 5.14 Å². The molecule has 0 unspecified atom stereocenters. The molecule has 4 rings (SSSR count). The minimum absolute atomic E-state index is 0.0132. The Balaban J connectivity index is 2.11. The first kappa shape index (κ1) is 24.5. The van der Waals surface area contributed by atoms with Crippen molar-refractivity contribution in [1.29, 1.82) is 0 Å². The van der Waals surface area contributed by atoms with Crippen molar-refractivity contribution in [3.05, 3.63) is 89.1 Å². The quantitative estimate of drug-likeness (QED) is 0.274. The van der Waals surface area contributed by atoms with Crippen LogP contribution in [0.2, 0.25) is 5.02 Å². The van der Waals surface area contributed by atoms with Crippen molar-refractivity contribution in [2.45, 2.75) is 18.7 Å². The number of primary sulfonamides is 1. The normalized spacial score (nSPS) is 11.4. The van der Waals surface area contributed by atoms with Gasteiger partial charge in [0.1, 0.15) is 0 Å². The maximum atomic E-state index is 13.2. The van der Waals surface area contributed by atoms with Crippen LogP contribution in [0.4, 0.5) is 5.69 Å². The number of halogens is 1. The maximum absolute atomic E-state index is 13.2. The zero-order valence-corrected chi connectivity index (χ0v) is 20.7. The van der Waals surface area contributed by atoms with E-state index >= 15 is 0 Å². The molecule has 0 atom stereocenters. The number of nitrogens with zero attached hydrogens (tertiary/aromatic N) is 1. The van der Waals surface area contributed by atoms with Crippen molar-refractivity contribution < 1.29 is 17.9 Å². The second-order valence-electron chi connectivity index (χ2n) is 7.91. The third kappa shape index (κ3) is 4.81. The van der Waals surface area contributed by atoms with E-state index < -0.39 is 16.0 Å². The lowest BCUT2D eigenvalue weighted by Crippen LogP contribution is -2.12. The van der Waals surface area contributed by atoms with Gasteiger partial charge in [-0.2, -0.15) is 0 Å². The Hall–Kier alpha value is -3.59. The smallest absolute Gasteiger partial charge is 0.340 e. The Morgan fingerprint density at radius 1 is 1.00 bits per heavy atom. The van der Waals surface area contributed by atoms with E-state index in [0.29, 0.717) is 38.9 Å². The first-order valence-corrected chi connectivity index (χ1v) is 12.7. The topological polar surface area (TPSA) is 117 Å². The SMILES string of the molecule is CCOC(=O)c1c(-c2cccc(N)c2)c(-c2ccc(Cl)cc2)n(-c2ccc(S(N)(=O)=O)cc2)c1C. The van der Waals surface area contributed by atoms with Crippen LogP contribution >= 0.6 is 11.6 Å². The van der Waals surface area contributed by atoms with Gasteiger partial charge in [0.05, 0.1) is 22.8 Å². The summed E-state index contributed by atoms with van der Waals surface area (Å²) in [5.74, 6) is -0.474. The lowest BCUT2D eigenvalue weighted by atomic mass is 9.96. The summed E-state index contributed by atoms with van der Waals surface area (Å²) in [7, 11) is -3.86. The highest BCUT2D eigenvalue weighted by molar-refractivity contribution is 7.89. The molecule has 1 heterocycles. The predicted molar refractivity (Wildman–Crippen MR) is 138 cm³/mol. The van der Waals surface area contributed by atoms with E-state index in [1.54, 1.807) is 43.3 Å². The van der Waals surface area contributed by atoms with Gasteiger partial charge < -0.3 is 15.0 Å². The van der Waals surface area contributed by atoms with E-state index in [4.69, 9.17) is 27.2 Å². The van der Waals surface area contributed by atoms with Gasteiger partial charge in [-0.3, -0.25) is 0 Å². The summed E-state index contributed by atoms with van der Waals surface area (Å²) < 4.78 is 30.9. The molecule has 0 spiro atoms. The number of hydrogen-bond acceptors (Lipinski definition) is 5. The van der Waals surface area contributed by atoms with Gasteiger partial charge in [-0.25, -0.2) is 18.4 Å². The number of aromatic nitrogens is 1. The number of carbonyl (C=O) groups is 1. The second kappa shape index (κ2) is 9.58. The van der Waals surface area contributed by atoms with E-state index in [1.165, 1.54) is 12.1 Å². The molecule has 0 saturated heterocycles. The highest BCUT2D eigenvalue weighted by Crippen LogP contribution is 2.42. The molecule has 1 aromatic heterocycles. The van der Waals surface area contributed by atoms with Crippen molar-refractivity contribution in [3.63, 3.8) is 0 Å². The molecular weight excluding hydrogens is 486 g/mol. The first-order valence-electron chi connectivity index (χ1n) is 10.8. The monoisotopic (exact) mass is 509 g/mol. The summed E-state index contributed by atoms with van der Waals surface area (Å²) in [6, 6.07) is 20.7. The van der Waals surface area contributed by atoms with Gasteiger partial charge >= 0.3 is 5.97 Å². The molecule has 0 saturated carbocycles. The fourth-order valence-corrected chi connectivity index (χ4v) is 4.75. The molecule has 0 aliphatic heterocycles. The Kier molecular flexibility index (Phi) is 6.71. The average Bonchev–Trinajstić information content (AvgIpc) is 3.12. The molecule has 0 fully saturated rings. The van der Waals surface area contributed by atoms with Gasteiger partial charge in [0.25, 0.3) is 0 Å². The number of benzene rings is 3. The first-order chi connectivity index (χ1) is 16.6. The summed E-state index contributed by atoms with van der Waals surface area (Å²) in [6.07, 6.45) is 0. The third-order valence-corrected chi connectivity index (χ3v) is 6.78. The van der Waals surface area contributed by atoms with E-state index in [1.807, 2.05) is 35.8 Å². The van der Waals surface area contributed by atoms with Crippen molar-refractivity contribution >= 4 is 33.3 Å². The summed E-state index contributed by atoms with van der Waals surface area (Å²) in [5.41, 5.74) is 11.2. The Bertz CT molecular complexity index is 1510. The average molecular weight is 510 g/mol. The number of rotatable bonds is 6. The van der Waals surface area contributed by atoms with Crippen LogP contribution in [-0.4, -0.2) is 25.6 Å². The molecular formula is C26H24ClN3O4S. The van der Waals surface area contributed by atoms with Gasteiger partial charge in [0, 0.05) is 27.7 Å². The molecule has 180 valence electrons. The van der Waals surface area contributed by atoms with Crippen LogP contribution in [0.25, 0.3) is 28.1 Å². The molecule has 0 aliphatic carbocycles. The van der Waals surface area contributed by atoms with Gasteiger partial charge in [0.2, 0.25) is 10.0 Å². The molecule has 0 bridgehead atoms. The van der Waals surface area contributed by atoms with Crippen LogP contribution in [0, 0.1) is 6.92 Å². The standard InChI is InChI=1S/C26H24ClN3O4S/c1-3-34-26(31)23-16(2)30(21-11-13-22(14-12-21)35(29,32)33)25(17-7-9-19(27)10-8-17)24(23)18-5-4-6-20(28)15-18/h4-15H,3,28H2,1-2H3,(H2,29,32,33). The molecule has 7 nitrogen and oxygen atoms in total. The maximum Gasteiger partial charge on any atom is 0.340 e. The highest BCUT2D eigenvalue weighted by Gasteiger charge is 2.29. The number of nitrogen functional groups attached to an aromatic ring is 1. The van der Waals surface area contributed by atoms with Gasteiger partial charge in [0.15, 0.2) is 0 Å². The molecule has 3 aromatic carbocycles. The molecule has 0 radical (unpaired) electrons. The fourth-order valence-electron chi connectivity index (χ4n) is 4.11. The summed E-state index contributed by atoms with van der Waals surface area (Å²) in [5, 5.41) is 5.85. The molecule has 0 aliphatic rings. The summed E-state index contributed by atoms with van der Waals surface area (Å²) in [4.78, 5) is 13.2. The number of sulfonamides is 1. The van der Waals surface area contributed by atoms with Gasteiger partial charge in [-0.15, -0.1) is 0 Å². The van der Waals surface area contributed by atoms with E-state index in [-0.39, 0.29) is 11.5 Å². The number of anilines is 1. The van der Waals surface area contributed by atoms with Crippen LogP contribution in [0.1, 0.15) is 23.0 Å². The van der Waals surface area contributed by atoms with E-state index in [0.717, 1.165) is 11.1 Å². The lowest BCUT2D eigenvalue weighted by Gasteiger charge is -2.14. The van der Waals surface area contributed by atoms with E-state index in [2.05, 4.69) is 0 Å². The fraction of sp³-hybridized carbons (Fsp3) is 0.115. The van der Waals surface area contributed by atoms with E-state index in [9.17, 15) is 13.2 Å². The molecule has 35 heavy (non-hydrogen) atoms. The van der Waals surface area contributed by atoms with Crippen LogP contribution in [0.3, 0.4) is 0 Å². The van der Waals surface area contributed by atoms with Gasteiger partial charge in [-0.1, -0.05) is 35.9 Å². The Morgan fingerprint density at radius 2 is 1.66 bits per heavy atom. The van der Waals surface area contributed by atoms with Gasteiger partial charge in [-0.05, 0) is 73.5 Å². The Labute approximate surface area is 209 Å². The zero-order chi connectivity index (χ0) is 25.3. The van der Waals surface area contributed by atoms with Crippen LogP contribution < -0.4 is 10.9 Å². The molecule has 4 N–H and O–H groups in total. The van der Waals surface area contributed by atoms with Crippen molar-refractivity contribution in [2.75, 3.05) is 12.3 Å². The zero-order valence-electron chi connectivity index (χ0n) is 19.2. The van der Waals surface area contributed by atoms with Crippen LogP contribution in [0.5, 0.6) is 0 Å². The second-order valence-corrected chi connectivity index (χ2v) is 9.91. The number of ether oxygens (including phenoxy) is 1. The third-order valence-electron chi connectivity index (χ3n) is 5.60. The molecule has 4 aromatic rings. The van der Waals surface area contributed by atoms with Crippen LogP contribution in [-0.2, 0) is 14.8 Å². The molecule has 9 heteroatoms. The number of esters is 1. The summed E-state index contributed by atoms with van der Waals surface area (Å²) >= 11 is 6.16. The highest BCUT2D eigenvalue weighted by atomic mass is 35.5. The Morgan fingerprint density at radius 3 is 2.23 bits per heavy atom. The minimum atomic E-state index is -3.86. The van der Waals surface area contributed by atoms with Crippen molar-refractivity contribution in [1.82, 2.24) is 4.57 Å². The number of carbonyl (C=O) groups excluding carboxylic acids is 1. The minimum Gasteiger partial charge on any atom is -0.462 e. The lowest BCUT2D eigenvalue weighted by molar-refractivity contribution is 0.0526.